The molecule has 0 amide bonds. The summed E-state index contributed by atoms with van der Waals surface area (Å²) < 4.78 is 4.90. The molecule has 0 bridgehead atoms. The summed E-state index contributed by atoms with van der Waals surface area (Å²) in [5.74, 6) is 0.971. The Labute approximate surface area is 82.6 Å². The first-order valence-corrected chi connectivity index (χ1v) is 4.65. The van der Waals surface area contributed by atoms with Crippen LogP contribution in [0.3, 0.4) is 0 Å². The first-order chi connectivity index (χ1) is 6.76. The summed E-state index contributed by atoms with van der Waals surface area (Å²) >= 11 is 0. The van der Waals surface area contributed by atoms with Crippen LogP contribution in [0.1, 0.15) is 26.1 Å². The van der Waals surface area contributed by atoms with E-state index in [-0.39, 0.29) is 0 Å². The zero-order valence-electron chi connectivity index (χ0n) is 8.45. The molecular weight excluding hydrogens is 182 g/mol. The lowest BCUT2D eigenvalue weighted by Crippen LogP contribution is -2.22. The van der Waals surface area contributed by atoms with Crippen LogP contribution in [-0.4, -0.2) is 22.6 Å². The summed E-state index contributed by atoms with van der Waals surface area (Å²) in [6, 6.07) is 0.295. The number of nitrogens with zero attached hydrogens (tertiary/aromatic N) is 3. The van der Waals surface area contributed by atoms with Crippen LogP contribution in [0.4, 0.5) is 6.01 Å². The number of aromatic nitrogens is 2. The van der Waals surface area contributed by atoms with Crippen LogP contribution in [0.25, 0.3) is 0 Å². The number of anilines is 1. The normalized spacial score (nSPS) is 11.7. The van der Waals surface area contributed by atoms with Gasteiger partial charge < -0.3 is 10.3 Å². The highest BCUT2D eigenvalue weighted by molar-refractivity contribution is 5.90. The second kappa shape index (κ2) is 5.21. The van der Waals surface area contributed by atoms with Crippen molar-refractivity contribution in [3.63, 3.8) is 0 Å². The summed E-state index contributed by atoms with van der Waals surface area (Å²) in [5.41, 5.74) is 5.51. The van der Waals surface area contributed by atoms with Gasteiger partial charge in [-0.05, 0) is 13.3 Å². The fourth-order valence-electron chi connectivity index (χ4n) is 0.949. The average Bonchev–Trinajstić information content (AvgIpc) is 2.53. The molecule has 1 aromatic rings. The number of hydrogen-bond donors (Lipinski definition) is 2. The minimum atomic E-state index is 0.291. The Bertz CT molecular complexity index is 306. The van der Waals surface area contributed by atoms with Gasteiger partial charge in [-0.3, -0.25) is 10.3 Å². The highest BCUT2D eigenvalue weighted by Gasteiger charge is 2.05. The maximum Gasteiger partial charge on any atom is 0.328 e. The van der Waals surface area contributed by atoms with Gasteiger partial charge in [-0.15, -0.1) is 0 Å². The fourth-order valence-corrected chi connectivity index (χ4v) is 0.949. The summed E-state index contributed by atoms with van der Waals surface area (Å²) in [4.78, 5) is 8.00. The van der Waals surface area contributed by atoms with Gasteiger partial charge in [-0.2, -0.15) is 4.98 Å². The molecule has 78 valence electrons. The molecule has 0 atom stereocenters. The lowest BCUT2D eigenvalue weighted by Gasteiger charge is -1.96. The number of nitrogens with one attached hydrogen (secondary N) is 1. The standard InChI is InChI=1S/C8H15N5O/c1-3-5-6-11-8(14-13-6)12-7(9)10-4-2/h3-5H2,1-2H3,(H3,9,10,11,12,13). The largest absolute Gasteiger partial charge is 0.370 e. The van der Waals surface area contributed by atoms with E-state index in [9.17, 15) is 0 Å². The lowest BCUT2D eigenvalue weighted by molar-refractivity contribution is 0.425. The van der Waals surface area contributed by atoms with Crippen LogP contribution >= 0.6 is 0 Å². The van der Waals surface area contributed by atoms with E-state index in [0.717, 1.165) is 12.8 Å². The fraction of sp³-hybridized carbons (Fsp3) is 0.625. The molecule has 0 aliphatic heterocycles. The molecule has 0 fully saturated rings. The Kier molecular flexibility index (Phi) is 3.90. The molecule has 3 N–H and O–H groups in total. The van der Waals surface area contributed by atoms with Crippen LogP contribution in [0.2, 0.25) is 0 Å². The molecule has 6 nitrogen and oxygen atoms in total. The first kappa shape index (κ1) is 10.5. The van der Waals surface area contributed by atoms with Crippen molar-refractivity contribution in [1.29, 1.82) is 0 Å². The van der Waals surface area contributed by atoms with Crippen LogP contribution in [-0.2, 0) is 6.42 Å². The van der Waals surface area contributed by atoms with Gasteiger partial charge in [0.2, 0.25) is 0 Å². The van der Waals surface area contributed by atoms with Crippen molar-refractivity contribution in [1.82, 2.24) is 10.1 Å². The van der Waals surface area contributed by atoms with E-state index in [1.165, 1.54) is 0 Å². The van der Waals surface area contributed by atoms with Crippen molar-refractivity contribution < 1.29 is 4.52 Å². The van der Waals surface area contributed by atoms with Crippen molar-refractivity contribution >= 4 is 12.0 Å². The summed E-state index contributed by atoms with van der Waals surface area (Å²) in [5, 5.41) is 6.47. The van der Waals surface area contributed by atoms with E-state index in [1.807, 2.05) is 6.92 Å². The molecule has 0 spiro atoms. The Morgan fingerprint density at radius 2 is 2.36 bits per heavy atom. The quantitative estimate of drug-likeness (QED) is 0.549. The lowest BCUT2D eigenvalue weighted by atomic mass is 10.3. The van der Waals surface area contributed by atoms with E-state index in [1.54, 1.807) is 0 Å². The third kappa shape index (κ3) is 3.04. The number of hydrogen-bond acceptors (Lipinski definition) is 4. The van der Waals surface area contributed by atoms with Gasteiger partial charge in [0, 0.05) is 13.0 Å². The molecule has 14 heavy (non-hydrogen) atoms. The molecular formula is C8H15N5O. The van der Waals surface area contributed by atoms with E-state index in [2.05, 4.69) is 27.4 Å². The molecule has 0 unspecified atom stereocenters. The highest BCUT2D eigenvalue weighted by atomic mass is 16.5. The molecule has 0 aliphatic rings. The minimum absolute atomic E-state index is 0.291. The summed E-state index contributed by atoms with van der Waals surface area (Å²) in [6.07, 6.45) is 1.79. The van der Waals surface area contributed by atoms with E-state index in [4.69, 9.17) is 10.3 Å². The molecule has 0 aromatic carbocycles. The second-order valence-electron chi connectivity index (χ2n) is 2.75. The molecule has 0 saturated heterocycles. The molecule has 6 heteroatoms. The number of guanidine groups is 1. The number of aliphatic imine (C=N–C) groups is 1. The Balaban J connectivity index is 2.55. The maximum absolute atomic E-state index is 5.51. The third-order valence-corrected chi connectivity index (χ3v) is 1.51. The Morgan fingerprint density at radius 3 is 3.00 bits per heavy atom. The summed E-state index contributed by atoms with van der Waals surface area (Å²) in [6.45, 7) is 4.57. The predicted molar refractivity (Wildman–Crippen MR) is 54.1 cm³/mol. The zero-order valence-corrected chi connectivity index (χ0v) is 8.45. The third-order valence-electron chi connectivity index (χ3n) is 1.51. The molecule has 1 rings (SSSR count). The van der Waals surface area contributed by atoms with Crippen LogP contribution in [0, 0.1) is 0 Å². The highest BCUT2D eigenvalue weighted by Crippen LogP contribution is 2.04. The molecule has 0 aliphatic carbocycles. The predicted octanol–water partition coefficient (Wildman–Crippen LogP) is 0.769. The van der Waals surface area contributed by atoms with Crippen LogP contribution in [0.15, 0.2) is 9.52 Å². The van der Waals surface area contributed by atoms with Crippen molar-refractivity contribution in [3.05, 3.63) is 5.82 Å². The second-order valence-corrected chi connectivity index (χ2v) is 2.75. The Morgan fingerprint density at radius 1 is 1.57 bits per heavy atom. The summed E-state index contributed by atoms with van der Waals surface area (Å²) in [7, 11) is 0. The topological polar surface area (TPSA) is 89.3 Å². The monoisotopic (exact) mass is 197 g/mol. The van der Waals surface area contributed by atoms with Crippen LogP contribution < -0.4 is 11.1 Å². The van der Waals surface area contributed by atoms with E-state index >= 15 is 0 Å². The van der Waals surface area contributed by atoms with Gasteiger partial charge in [0.1, 0.15) is 0 Å². The number of aryl methyl sites for hydroxylation is 1. The van der Waals surface area contributed by atoms with Crippen molar-refractivity contribution in [2.75, 3.05) is 11.9 Å². The van der Waals surface area contributed by atoms with Gasteiger partial charge in [-0.1, -0.05) is 12.1 Å². The molecule has 1 heterocycles. The molecule has 0 saturated carbocycles. The average molecular weight is 197 g/mol. The van der Waals surface area contributed by atoms with Crippen molar-refractivity contribution in [2.24, 2.45) is 10.7 Å². The van der Waals surface area contributed by atoms with Crippen molar-refractivity contribution in [2.45, 2.75) is 26.7 Å². The smallest absolute Gasteiger partial charge is 0.328 e. The van der Waals surface area contributed by atoms with E-state index < -0.39 is 0 Å². The van der Waals surface area contributed by atoms with Gasteiger partial charge in [0.25, 0.3) is 0 Å². The number of rotatable bonds is 4. The molecule has 0 radical (unpaired) electrons. The molecule has 1 aromatic heterocycles. The van der Waals surface area contributed by atoms with E-state index in [0.29, 0.717) is 24.3 Å². The maximum atomic E-state index is 5.51. The minimum Gasteiger partial charge on any atom is -0.370 e. The Hall–Kier alpha value is -1.59. The van der Waals surface area contributed by atoms with Gasteiger partial charge in [0.05, 0.1) is 0 Å². The van der Waals surface area contributed by atoms with Crippen molar-refractivity contribution in [3.8, 4) is 0 Å². The zero-order chi connectivity index (χ0) is 10.4. The van der Waals surface area contributed by atoms with Gasteiger partial charge in [-0.25, -0.2) is 0 Å². The number of nitrogens with two attached hydrogens (primary N) is 1. The van der Waals surface area contributed by atoms with Gasteiger partial charge >= 0.3 is 6.01 Å². The SMILES string of the molecule is CCCc1noc(NC(N)=NCC)n1. The first-order valence-electron chi connectivity index (χ1n) is 4.65. The van der Waals surface area contributed by atoms with Gasteiger partial charge in [0.15, 0.2) is 11.8 Å². The van der Waals surface area contributed by atoms with Crippen LogP contribution in [0.5, 0.6) is 0 Å².